The molecule has 0 aromatic rings. The van der Waals surface area contributed by atoms with Crippen molar-refractivity contribution in [2.45, 2.75) is 210 Å². The van der Waals surface area contributed by atoms with E-state index in [0.717, 1.165) is 32.1 Å². The van der Waals surface area contributed by atoms with Gasteiger partial charge in [-0.1, -0.05) is 140 Å². The van der Waals surface area contributed by atoms with Gasteiger partial charge in [0.25, 0.3) is 0 Å². The average Bonchev–Trinajstić information content (AvgIpc) is 3.14. The van der Waals surface area contributed by atoms with E-state index in [4.69, 9.17) is 9.47 Å². The zero-order valence-electron chi connectivity index (χ0n) is 32.7. The van der Waals surface area contributed by atoms with Crippen LogP contribution in [0.1, 0.15) is 162 Å². The van der Waals surface area contributed by atoms with Gasteiger partial charge in [0.2, 0.25) is 5.91 Å². The lowest BCUT2D eigenvalue weighted by atomic mass is 9.99. The van der Waals surface area contributed by atoms with Crippen LogP contribution >= 0.6 is 0 Å². The molecule has 0 spiro atoms. The van der Waals surface area contributed by atoms with E-state index in [1.54, 1.807) is 6.08 Å². The molecule has 0 radical (unpaired) electrons. The van der Waals surface area contributed by atoms with Crippen LogP contribution in [0.4, 0.5) is 0 Å². The van der Waals surface area contributed by atoms with Gasteiger partial charge >= 0.3 is 0 Å². The molecule has 304 valence electrons. The van der Waals surface area contributed by atoms with Crippen molar-refractivity contribution in [1.29, 1.82) is 0 Å². The molecule has 1 heterocycles. The molecule has 10 nitrogen and oxygen atoms in total. The quantitative estimate of drug-likeness (QED) is 0.0287. The second-order valence-corrected chi connectivity index (χ2v) is 14.6. The number of aliphatic hydroxyl groups excluding tert-OH is 6. The minimum atomic E-state index is -1.62. The van der Waals surface area contributed by atoms with Crippen LogP contribution in [0, 0.1) is 0 Å². The molecular formula is C42H77NO9. The Bertz CT molecular complexity index is 927. The second kappa shape index (κ2) is 32.8. The van der Waals surface area contributed by atoms with Crippen molar-refractivity contribution in [3.05, 3.63) is 36.5 Å². The van der Waals surface area contributed by atoms with Gasteiger partial charge in [-0.3, -0.25) is 4.79 Å². The highest BCUT2D eigenvalue weighted by Crippen LogP contribution is 2.22. The maximum Gasteiger partial charge on any atom is 0.249 e. The first-order valence-corrected chi connectivity index (χ1v) is 20.8. The Hall–Kier alpha value is -1.63. The summed E-state index contributed by atoms with van der Waals surface area (Å²) in [6.07, 6.45) is 28.1. The first kappa shape index (κ1) is 48.4. The fraction of sp³-hybridized carbons (Fsp3) is 0.833. The van der Waals surface area contributed by atoms with E-state index in [9.17, 15) is 35.4 Å². The molecule has 1 aliphatic heterocycles. The summed E-state index contributed by atoms with van der Waals surface area (Å²) in [7, 11) is 0. The van der Waals surface area contributed by atoms with E-state index in [1.165, 1.54) is 96.3 Å². The van der Waals surface area contributed by atoms with Gasteiger partial charge in [-0.2, -0.15) is 0 Å². The summed E-state index contributed by atoms with van der Waals surface area (Å²) in [5, 5.41) is 64.3. The van der Waals surface area contributed by atoms with Crippen LogP contribution in [0.3, 0.4) is 0 Å². The molecule has 7 N–H and O–H groups in total. The monoisotopic (exact) mass is 740 g/mol. The molecule has 0 aromatic carbocycles. The molecule has 8 atom stereocenters. The van der Waals surface area contributed by atoms with Crippen LogP contribution in [0.25, 0.3) is 0 Å². The van der Waals surface area contributed by atoms with E-state index in [2.05, 4.69) is 43.5 Å². The molecular weight excluding hydrogens is 662 g/mol. The molecule has 0 saturated carbocycles. The second-order valence-electron chi connectivity index (χ2n) is 14.6. The average molecular weight is 740 g/mol. The molecule has 8 unspecified atom stereocenters. The molecule has 0 bridgehead atoms. The van der Waals surface area contributed by atoms with E-state index < -0.39 is 61.5 Å². The lowest BCUT2D eigenvalue weighted by Crippen LogP contribution is -2.60. The standard InChI is InChI=1S/C42H77NO9/c1-3-5-7-9-11-13-15-17-18-19-21-22-24-26-28-30-35(45)34(33-51-42-40(49)39(48)38(47)37(32-44)52-42)43-41(50)36(46)31-29-27-25-23-20-16-14-12-10-8-6-4-2/h20-23,28,30,34-40,42,44-49H,3-19,24-27,29,31-33H2,1-2H3,(H,43,50)/b22-21+,23-20-,30-28+. The first-order chi connectivity index (χ1) is 25.3. The van der Waals surface area contributed by atoms with Gasteiger partial charge in [-0.05, 0) is 57.8 Å². The van der Waals surface area contributed by atoms with E-state index in [1.807, 2.05) is 6.08 Å². The number of ether oxygens (including phenoxy) is 2. The lowest BCUT2D eigenvalue weighted by Gasteiger charge is -2.40. The molecule has 1 aliphatic rings. The number of aliphatic hydroxyl groups is 6. The number of carbonyl (C=O) groups excluding carboxylic acids is 1. The van der Waals surface area contributed by atoms with Gasteiger partial charge in [0.15, 0.2) is 6.29 Å². The lowest BCUT2D eigenvalue weighted by molar-refractivity contribution is -0.302. The van der Waals surface area contributed by atoms with Crippen molar-refractivity contribution in [2.24, 2.45) is 0 Å². The minimum Gasteiger partial charge on any atom is -0.394 e. The number of rotatable bonds is 33. The molecule has 0 aliphatic carbocycles. The molecule has 1 rings (SSSR count). The highest BCUT2D eigenvalue weighted by molar-refractivity contribution is 5.80. The maximum atomic E-state index is 13.0. The van der Waals surface area contributed by atoms with Crippen LogP contribution in [-0.2, 0) is 14.3 Å². The number of unbranched alkanes of at least 4 members (excludes halogenated alkanes) is 18. The van der Waals surface area contributed by atoms with E-state index in [0.29, 0.717) is 12.8 Å². The van der Waals surface area contributed by atoms with Gasteiger partial charge in [0, 0.05) is 0 Å². The smallest absolute Gasteiger partial charge is 0.249 e. The molecule has 1 amide bonds. The fourth-order valence-electron chi connectivity index (χ4n) is 6.29. The Morgan fingerprint density at radius 3 is 1.67 bits per heavy atom. The van der Waals surface area contributed by atoms with Crippen molar-refractivity contribution in [1.82, 2.24) is 5.32 Å². The Labute approximate surface area is 315 Å². The van der Waals surface area contributed by atoms with Gasteiger partial charge in [0.05, 0.1) is 25.4 Å². The van der Waals surface area contributed by atoms with Gasteiger partial charge in [0.1, 0.15) is 30.5 Å². The maximum absolute atomic E-state index is 13.0. The largest absolute Gasteiger partial charge is 0.394 e. The summed E-state index contributed by atoms with van der Waals surface area (Å²) in [4.78, 5) is 13.0. The predicted octanol–water partition coefficient (Wildman–Crippen LogP) is 6.69. The summed E-state index contributed by atoms with van der Waals surface area (Å²) in [5.41, 5.74) is 0. The van der Waals surface area contributed by atoms with Gasteiger partial charge < -0.3 is 45.4 Å². The summed E-state index contributed by atoms with van der Waals surface area (Å²) in [6, 6.07) is -1.00. The van der Waals surface area contributed by atoms with Crippen LogP contribution in [0.2, 0.25) is 0 Å². The third-order valence-corrected chi connectivity index (χ3v) is 9.79. The van der Waals surface area contributed by atoms with Crippen LogP contribution in [0.15, 0.2) is 36.5 Å². The predicted molar refractivity (Wildman–Crippen MR) is 209 cm³/mol. The number of amides is 1. The highest BCUT2D eigenvalue weighted by Gasteiger charge is 2.44. The third-order valence-electron chi connectivity index (χ3n) is 9.79. The Kier molecular flexibility index (Phi) is 30.5. The Morgan fingerprint density at radius 1 is 0.654 bits per heavy atom. The topological polar surface area (TPSA) is 169 Å². The summed E-state index contributed by atoms with van der Waals surface area (Å²) < 4.78 is 11.1. The van der Waals surface area contributed by atoms with Gasteiger partial charge in [-0.15, -0.1) is 0 Å². The van der Waals surface area contributed by atoms with Crippen molar-refractivity contribution in [3.8, 4) is 0 Å². The molecule has 52 heavy (non-hydrogen) atoms. The van der Waals surface area contributed by atoms with E-state index in [-0.39, 0.29) is 13.0 Å². The number of hydrogen-bond donors (Lipinski definition) is 7. The SMILES string of the molecule is CCCCCCCC/C=C\CCCCC(O)C(=O)NC(COC1OC(CO)C(O)C(O)C1O)C(O)/C=C/CC/C=C/CCCCCCCCCCC. The molecule has 10 heteroatoms. The normalized spacial score (nSPS) is 22.8. The summed E-state index contributed by atoms with van der Waals surface area (Å²) in [5.74, 6) is -0.645. The number of carbonyl (C=O) groups is 1. The number of allylic oxidation sites excluding steroid dienone is 5. The summed E-state index contributed by atoms with van der Waals surface area (Å²) >= 11 is 0. The zero-order chi connectivity index (χ0) is 38.2. The van der Waals surface area contributed by atoms with Crippen molar-refractivity contribution in [3.63, 3.8) is 0 Å². The molecule has 1 saturated heterocycles. The third kappa shape index (κ3) is 23.2. The summed E-state index contributed by atoms with van der Waals surface area (Å²) in [6.45, 7) is 3.53. The number of hydrogen-bond acceptors (Lipinski definition) is 9. The zero-order valence-corrected chi connectivity index (χ0v) is 32.7. The van der Waals surface area contributed by atoms with Gasteiger partial charge in [-0.25, -0.2) is 0 Å². The van der Waals surface area contributed by atoms with Crippen LogP contribution in [-0.4, -0.2) is 98.7 Å². The Balaban J connectivity index is 2.54. The molecule has 0 aromatic heterocycles. The van der Waals surface area contributed by atoms with E-state index >= 15 is 0 Å². The fourth-order valence-corrected chi connectivity index (χ4v) is 6.29. The van der Waals surface area contributed by atoms with Crippen LogP contribution < -0.4 is 5.32 Å². The minimum absolute atomic E-state index is 0.273. The molecule has 1 fully saturated rings. The van der Waals surface area contributed by atoms with Crippen LogP contribution in [0.5, 0.6) is 0 Å². The number of nitrogens with one attached hydrogen (secondary N) is 1. The first-order valence-electron chi connectivity index (χ1n) is 20.8. The van der Waals surface area contributed by atoms with Crippen molar-refractivity contribution < 1.29 is 44.9 Å². The Morgan fingerprint density at radius 2 is 1.13 bits per heavy atom. The van der Waals surface area contributed by atoms with Crippen molar-refractivity contribution in [2.75, 3.05) is 13.2 Å². The van der Waals surface area contributed by atoms with Crippen molar-refractivity contribution >= 4 is 5.91 Å². The highest BCUT2D eigenvalue weighted by atomic mass is 16.7.